The monoisotopic (exact) mass is 399 g/mol. The molecule has 1 aromatic heterocycles. The molecule has 0 aliphatic carbocycles. The molecule has 1 atom stereocenters. The van der Waals surface area contributed by atoms with Crippen molar-refractivity contribution in [3.8, 4) is 11.1 Å². The molecule has 1 heterocycles. The first-order chi connectivity index (χ1) is 13.2. The van der Waals surface area contributed by atoms with Gasteiger partial charge < -0.3 is 9.73 Å². The van der Waals surface area contributed by atoms with Crippen LogP contribution in [0.4, 0.5) is 0 Å². The molecule has 0 bridgehead atoms. The minimum atomic E-state index is -0.0716. The quantitative estimate of drug-likeness (QED) is 0.560. The lowest BCUT2D eigenvalue weighted by Crippen LogP contribution is -2.28. The van der Waals surface area contributed by atoms with E-state index >= 15 is 0 Å². The molecule has 140 valence electrons. The molecule has 0 radical (unpaired) electrons. The van der Waals surface area contributed by atoms with Crippen molar-refractivity contribution in [1.82, 2.24) is 15.5 Å². The van der Waals surface area contributed by atoms with Gasteiger partial charge in [0.2, 0.25) is 11.8 Å². The summed E-state index contributed by atoms with van der Waals surface area (Å²) in [7, 11) is 0. The van der Waals surface area contributed by atoms with E-state index < -0.39 is 0 Å². The Morgan fingerprint density at radius 3 is 2.48 bits per heavy atom. The Balaban J connectivity index is 1.51. The number of benzene rings is 2. The predicted molar refractivity (Wildman–Crippen MR) is 111 cm³/mol. The highest BCUT2D eigenvalue weighted by atomic mass is 32.2. The highest BCUT2D eigenvalue weighted by Gasteiger charge is 2.13. The zero-order chi connectivity index (χ0) is 19.1. The van der Waals surface area contributed by atoms with Gasteiger partial charge in [0.1, 0.15) is 0 Å². The molecule has 0 aliphatic rings. The Hall–Kier alpha value is -2.25. The van der Waals surface area contributed by atoms with Gasteiger partial charge in [-0.2, -0.15) is 11.8 Å². The molecule has 1 unspecified atom stereocenters. The lowest BCUT2D eigenvalue weighted by atomic mass is 10.0. The number of rotatable bonds is 8. The first kappa shape index (κ1) is 19.5. The van der Waals surface area contributed by atoms with E-state index in [0.29, 0.717) is 16.9 Å². The van der Waals surface area contributed by atoms with Crippen LogP contribution in [0.2, 0.25) is 0 Å². The van der Waals surface area contributed by atoms with Gasteiger partial charge in [-0.15, -0.1) is 10.2 Å². The molecule has 1 N–H and O–H groups in total. The van der Waals surface area contributed by atoms with Gasteiger partial charge >= 0.3 is 0 Å². The third kappa shape index (κ3) is 5.61. The summed E-state index contributed by atoms with van der Waals surface area (Å²) < 4.78 is 5.46. The summed E-state index contributed by atoms with van der Waals surface area (Å²) in [6.07, 6.45) is 1.97. The molecule has 0 fully saturated rings. The average molecular weight is 400 g/mol. The Labute approximate surface area is 167 Å². The van der Waals surface area contributed by atoms with Gasteiger partial charge in [-0.25, -0.2) is 0 Å². The van der Waals surface area contributed by atoms with Gasteiger partial charge in [0.15, 0.2) is 0 Å². The van der Waals surface area contributed by atoms with Crippen LogP contribution in [0.5, 0.6) is 0 Å². The van der Waals surface area contributed by atoms with Crippen LogP contribution in [0, 0.1) is 0 Å². The van der Waals surface area contributed by atoms with Crippen molar-refractivity contribution in [2.75, 3.05) is 12.0 Å². The van der Waals surface area contributed by atoms with Crippen LogP contribution in [0.1, 0.15) is 24.4 Å². The fraction of sp³-hybridized carbons (Fsp3) is 0.250. The van der Waals surface area contributed by atoms with Crippen LogP contribution < -0.4 is 5.32 Å². The number of aromatic nitrogens is 2. The molecule has 0 aliphatic heterocycles. The SMILES string of the molecule is CSCc1nnc(SCC(=O)NC(C)c2ccc(-c3ccccc3)cc2)o1. The highest BCUT2D eigenvalue weighted by molar-refractivity contribution is 7.99. The van der Waals surface area contributed by atoms with Crippen LogP contribution in [-0.2, 0) is 10.5 Å². The lowest BCUT2D eigenvalue weighted by Gasteiger charge is -2.14. The molecule has 27 heavy (non-hydrogen) atoms. The van der Waals surface area contributed by atoms with Crippen molar-refractivity contribution < 1.29 is 9.21 Å². The summed E-state index contributed by atoms with van der Waals surface area (Å²) in [6, 6.07) is 18.4. The van der Waals surface area contributed by atoms with Crippen molar-refractivity contribution in [3.05, 3.63) is 66.1 Å². The number of hydrogen-bond acceptors (Lipinski definition) is 6. The first-order valence-electron chi connectivity index (χ1n) is 8.54. The van der Waals surface area contributed by atoms with E-state index in [-0.39, 0.29) is 17.7 Å². The summed E-state index contributed by atoms with van der Waals surface area (Å²) in [5, 5.41) is 11.3. The zero-order valence-electron chi connectivity index (χ0n) is 15.2. The van der Waals surface area contributed by atoms with E-state index in [1.165, 1.54) is 17.3 Å². The van der Waals surface area contributed by atoms with Gasteiger partial charge in [0.05, 0.1) is 17.5 Å². The highest BCUT2D eigenvalue weighted by Crippen LogP contribution is 2.22. The van der Waals surface area contributed by atoms with E-state index in [2.05, 4.69) is 39.8 Å². The number of carbonyl (C=O) groups excluding carboxylic acids is 1. The second kappa shape index (κ2) is 9.62. The van der Waals surface area contributed by atoms with Gasteiger partial charge in [0, 0.05) is 0 Å². The fourth-order valence-corrected chi connectivity index (χ4v) is 3.52. The standard InChI is InChI=1S/C20H21N3O2S2/c1-14(15-8-10-17(11-9-15)16-6-4-3-5-7-16)21-18(24)12-27-20-23-22-19(25-20)13-26-2/h3-11,14H,12-13H2,1-2H3,(H,21,24). The lowest BCUT2D eigenvalue weighted by molar-refractivity contribution is -0.119. The normalized spacial score (nSPS) is 11.9. The second-order valence-electron chi connectivity index (χ2n) is 5.96. The van der Waals surface area contributed by atoms with Gasteiger partial charge in [-0.3, -0.25) is 4.79 Å². The van der Waals surface area contributed by atoms with Crippen molar-refractivity contribution in [2.45, 2.75) is 23.9 Å². The van der Waals surface area contributed by atoms with Crippen molar-refractivity contribution in [2.24, 2.45) is 0 Å². The van der Waals surface area contributed by atoms with Crippen LogP contribution in [0.15, 0.2) is 64.2 Å². The Morgan fingerprint density at radius 1 is 1.07 bits per heavy atom. The molecular weight excluding hydrogens is 378 g/mol. The van der Waals surface area contributed by atoms with Crippen LogP contribution in [0.3, 0.4) is 0 Å². The number of thioether (sulfide) groups is 2. The Morgan fingerprint density at radius 2 is 1.78 bits per heavy atom. The summed E-state index contributed by atoms with van der Waals surface area (Å²) in [5.41, 5.74) is 3.40. The molecule has 1 amide bonds. The topological polar surface area (TPSA) is 68.0 Å². The molecule has 7 heteroatoms. The van der Waals surface area contributed by atoms with E-state index in [9.17, 15) is 4.79 Å². The maximum absolute atomic E-state index is 12.2. The first-order valence-corrected chi connectivity index (χ1v) is 10.9. The van der Waals surface area contributed by atoms with E-state index in [4.69, 9.17) is 4.42 Å². The Bertz CT molecular complexity index is 866. The number of nitrogens with zero attached hydrogens (tertiary/aromatic N) is 2. The molecule has 3 aromatic rings. The number of hydrogen-bond donors (Lipinski definition) is 1. The third-order valence-electron chi connectivity index (χ3n) is 3.94. The van der Waals surface area contributed by atoms with Gasteiger partial charge in [-0.1, -0.05) is 66.4 Å². The maximum Gasteiger partial charge on any atom is 0.277 e. The molecular formula is C20H21N3O2S2. The van der Waals surface area contributed by atoms with Crippen molar-refractivity contribution >= 4 is 29.4 Å². The number of carbonyl (C=O) groups is 1. The van der Waals surface area contributed by atoms with E-state index in [0.717, 1.165) is 11.1 Å². The second-order valence-corrected chi connectivity index (χ2v) is 7.75. The predicted octanol–water partition coefficient (Wildman–Crippen LogP) is 4.57. The third-order valence-corrected chi connectivity index (χ3v) is 5.29. The smallest absolute Gasteiger partial charge is 0.277 e. The molecule has 2 aromatic carbocycles. The Kier molecular flexibility index (Phi) is 6.95. The molecule has 0 saturated carbocycles. The van der Waals surface area contributed by atoms with Crippen LogP contribution in [0.25, 0.3) is 11.1 Å². The van der Waals surface area contributed by atoms with Crippen LogP contribution >= 0.6 is 23.5 Å². The minimum Gasteiger partial charge on any atom is -0.415 e. The van der Waals surface area contributed by atoms with Gasteiger partial charge in [0.25, 0.3) is 5.22 Å². The van der Waals surface area contributed by atoms with Crippen LogP contribution in [-0.4, -0.2) is 28.1 Å². The summed E-state index contributed by atoms with van der Waals surface area (Å²) in [6.45, 7) is 1.98. The van der Waals surface area contributed by atoms with E-state index in [1.54, 1.807) is 11.8 Å². The molecule has 3 rings (SSSR count). The summed E-state index contributed by atoms with van der Waals surface area (Å²) in [4.78, 5) is 12.2. The maximum atomic E-state index is 12.2. The summed E-state index contributed by atoms with van der Waals surface area (Å²) in [5.74, 6) is 1.44. The molecule has 0 spiro atoms. The fourth-order valence-electron chi connectivity index (χ4n) is 2.57. The number of nitrogens with one attached hydrogen (secondary N) is 1. The minimum absolute atomic E-state index is 0.0655. The average Bonchev–Trinajstić information content (AvgIpc) is 3.15. The van der Waals surface area contributed by atoms with Crippen molar-refractivity contribution in [1.29, 1.82) is 0 Å². The van der Waals surface area contributed by atoms with E-state index in [1.807, 2.05) is 43.5 Å². The summed E-state index contributed by atoms with van der Waals surface area (Å²) >= 11 is 2.86. The van der Waals surface area contributed by atoms with Crippen molar-refractivity contribution in [3.63, 3.8) is 0 Å². The zero-order valence-corrected chi connectivity index (χ0v) is 16.8. The number of amides is 1. The van der Waals surface area contributed by atoms with Gasteiger partial charge in [-0.05, 0) is 29.9 Å². The molecule has 5 nitrogen and oxygen atoms in total. The largest absolute Gasteiger partial charge is 0.415 e. The molecule has 0 saturated heterocycles.